The van der Waals surface area contributed by atoms with Crippen LogP contribution in [0.3, 0.4) is 0 Å². The van der Waals surface area contributed by atoms with Crippen molar-refractivity contribution in [1.29, 1.82) is 0 Å². The maximum absolute atomic E-state index is 10.6. The van der Waals surface area contributed by atoms with Gasteiger partial charge in [0, 0.05) is 25.2 Å². The molecule has 4 nitrogen and oxygen atoms in total. The number of rotatable bonds is 3. The monoisotopic (exact) mass is 237 g/mol. The van der Waals surface area contributed by atoms with Crippen LogP contribution in [0.5, 0.6) is 0 Å². The van der Waals surface area contributed by atoms with Crippen LogP contribution in [0.1, 0.15) is 50.3 Å². The van der Waals surface area contributed by atoms with Gasteiger partial charge in [-0.15, -0.1) is 0 Å². The minimum Gasteiger partial charge on any atom is -0.386 e. The number of aryl methyl sites for hydroxylation is 1. The van der Waals surface area contributed by atoms with Crippen LogP contribution in [0, 0.1) is 5.41 Å². The average Bonchev–Trinajstić information content (AvgIpc) is 2.64. The molecule has 1 atom stereocenters. The molecule has 0 aliphatic heterocycles. The van der Waals surface area contributed by atoms with Crippen molar-refractivity contribution in [3.05, 3.63) is 18.0 Å². The Bertz CT molecular complexity index is 353. The summed E-state index contributed by atoms with van der Waals surface area (Å²) in [5.41, 5.74) is 6.71. The van der Waals surface area contributed by atoms with E-state index in [2.05, 4.69) is 5.10 Å². The van der Waals surface area contributed by atoms with E-state index in [1.165, 1.54) is 25.7 Å². The Balaban J connectivity index is 2.24. The van der Waals surface area contributed by atoms with Gasteiger partial charge in [0.2, 0.25) is 0 Å². The first-order valence-electron chi connectivity index (χ1n) is 6.56. The van der Waals surface area contributed by atoms with Crippen LogP contribution in [0.15, 0.2) is 12.3 Å². The molecule has 0 aromatic carbocycles. The van der Waals surface area contributed by atoms with Gasteiger partial charge in [0.25, 0.3) is 0 Å². The van der Waals surface area contributed by atoms with Crippen LogP contribution < -0.4 is 5.73 Å². The molecule has 0 saturated heterocycles. The highest BCUT2D eigenvalue weighted by molar-refractivity contribution is 5.09. The SMILES string of the molecule is Cn1nccc1C(O)C1(CN)CCCCCC1. The minimum absolute atomic E-state index is 0.149. The number of aliphatic hydroxyl groups excluding tert-OH is 1. The number of hydrogen-bond donors (Lipinski definition) is 2. The highest BCUT2D eigenvalue weighted by Crippen LogP contribution is 2.44. The molecule has 1 heterocycles. The molecule has 4 heteroatoms. The zero-order chi connectivity index (χ0) is 12.3. The predicted octanol–water partition coefficient (Wildman–Crippen LogP) is 1.75. The molecule has 96 valence electrons. The molecule has 1 aliphatic rings. The summed E-state index contributed by atoms with van der Waals surface area (Å²) in [6, 6.07) is 1.90. The third kappa shape index (κ3) is 2.38. The van der Waals surface area contributed by atoms with E-state index in [4.69, 9.17) is 5.73 Å². The second-order valence-electron chi connectivity index (χ2n) is 5.26. The Morgan fingerprint density at radius 2 is 2.06 bits per heavy atom. The molecule has 17 heavy (non-hydrogen) atoms. The Labute approximate surface area is 103 Å². The van der Waals surface area contributed by atoms with Crippen molar-refractivity contribution in [2.24, 2.45) is 18.2 Å². The zero-order valence-electron chi connectivity index (χ0n) is 10.6. The van der Waals surface area contributed by atoms with E-state index in [0.29, 0.717) is 6.54 Å². The molecule has 1 aliphatic carbocycles. The van der Waals surface area contributed by atoms with Gasteiger partial charge in [0.15, 0.2) is 0 Å². The summed E-state index contributed by atoms with van der Waals surface area (Å²) >= 11 is 0. The second kappa shape index (κ2) is 5.19. The molecule has 0 spiro atoms. The molecule has 0 amide bonds. The number of aliphatic hydroxyl groups is 1. The average molecular weight is 237 g/mol. The molecule has 1 fully saturated rings. The molecule has 1 aromatic heterocycles. The maximum atomic E-state index is 10.6. The summed E-state index contributed by atoms with van der Waals surface area (Å²) in [5.74, 6) is 0. The summed E-state index contributed by atoms with van der Waals surface area (Å²) in [6.45, 7) is 0.555. The van der Waals surface area contributed by atoms with E-state index in [0.717, 1.165) is 18.5 Å². The van der Waals surface area contributed by atoms with E-state index in [1.807, 2.05) is 13.1 Å². The van der Waals surface area contributed by atoms with Gasteiger partial charge in [0.1, 0.15) is 6.10 Å². The highest BCUT2D eigenvalue weighted by Gasteiger charge is 2.38. The van der Waals surface area contributed by atoms with Crippen LogP contribution >= 0.6 is 0 Å². The minimum atomic E-state index is -0.488. The standard InChI is InChI=1S/C13H23N3O/c1-16-11(6-9-15-16)12(17)13(10-14)7-4-2-3-5-8-13/h6,9,12,17H,2-5,7-8,10,14H2,1H3. The molecule has 1 aromatic rings. The topological polar surface area (TPSA) is 64.1 Å². The lowest BCUT2D eigenvalue weighted by molar-refractivity contribution is 0.0109. The van der Waals surface area contributed by atoms with Crippen LogP contribution in [-0.4, -0.2) is 21.4 Å². The number of hydrogen-bond acceptors (Lipinski definition) is 3. The van der Waals surface area contributed by atoms with E-state index in [1.54, 1.807) is 10.9 Å². The number of nitrogens with two attached hydrogens (primary N) is 1. The van der Waals surface area contributed by atoms with Gasteiger partial charge in [-0.05, 0) is 18.9 Å². The van der Waals surface area contributed by atoms with Gasteiger partial charge < -0.3 is 10.8 Å². The van der Waals surface area contributed by atoms with E-state index in [9.17, 15) is 5.11 Å². The molecular weight excluding hydrogens is 214 g/mol. The van der Waals surface area contributed by atoms with Gasteiger partial charge >= 0.3 is 0 Å². The van der Waals surface area contributed by atoms with E-state index >= 15 is 0 Å². The zero-order valence-corrected chi connectivity index (χ0v) is 10.6. The van der Waals surface area contributed by atoms with Gasteiger partial charge in [-0.2, -0.15) is 5.10 Å². The van der Waals surface area contributed by atoms with Crippen molar-refractivity contribution in [1.82, 2.24) is 9.78 Å². The van der Waals surface area contributed by atoms with Crippen LogP contribution in [-0.2, 0) is 7.05 Å². The van der Waals surface area contributed by atoms with E-state index in [-0.39, 0.29) is 5.41 Å². The largest absolute Gasteiger partial charge is 0.386 e. The smallest absolute Gasteiger partial charge is 0.102 e. The van der Waals surface area contributed by atoms with Gasteiger partial charge in [-0.3, -0.25) is 4.68 Å². The lowest BCUT2D eigenvalue weighted by Gasteiger charge is -2.36. The Morgan fingerprint density at radius 1 is 1.41 bits per heavy atom. The molecule has 3 N–H and O–H groups in total. The lowest BCUT2D eigenvalue weighted by Crippen LogP contribution is -2.37. The Kier molecular flexibility index (Phi) is 3.84. The van der Waals surface area contributed by atoms with Gasteiger partial charge in [0.05, 0.1) is 5.69 Å². The summed E-state index contributed by atoms with van der Waals surface area (Å²) in [5, 5.41) is 14.8. The molecule has 0 bridgehead atoms. The molecular formula is C13H23N3O. The molecule has 0 radical (unpaired) electrons. The Morgan fingerprint density at radius 3 is 2.53 bits per heavy atom. The van der Waals surface area contributed by atoms with Crippen LogP contribution in [0.25, 0.3) is 0 Å². The normalized spacial score (nSPS) is 22.1. The third-order valence-electron chi connectivity index (χ3n) is 4.22. The first kappa shape index (κ1) is 12.6. The highest BCUT2D eigenvalue weighted by atomic mass is 16.3. The van der Waals surface area contributed by atoms with Crippen molar-refractivity contribution in [3.8, 4) is 0 Å². The van der Waals surface area contributed by atoms with Gasteiger partial charge in [-0.25, -0.2) is 0 Å². The van der Waals surface area contributed by atoms with Crippen molar-refractivity contribution < 1.29 is 5.11 Å². The molecule has 2 rings (SSSR count). The van der Waals surface area contributed by atoms with Crippen molar-refractivity contribution in [2.45, 2.75) is 44.6 Å². The molecule has 1 saturated carbocycles. The fourth-order valence-corrected chi connectivity index (χ4v) is 2.99. The Hall–Kier alpha value is -0.870. The summed E-state index contributed by atoms with van der Waals surface area (Å²) in [7, 11) is 1.87. The summed E-state index contributed by atoms with van der Waals surface area (Å²) < 4.78 is 1.76. The quantitative estimate of drug-likeness (QED) is 0.787. The predicted molar refractivity (Wildman–Crippen MR) is 67.4 cm³/mol. The summed E-state index contributed by atoms with van der Waals surface area (Å²) in [6.07, 6.45) is 8.17. The fourth-order valence-electron chi connectivity index (χ4n) is 2.99. The summed E-state index contributed by atoms with van der Waals surface area (Å²) in [4.78, 5) is 0. The van der Waals surface area contributed by atoms with Gasteiger partial charge in [-0.1, -0.05) is 25.7 Å². The number of nitrogens with zero attached hydrogens (tertiary/aromatic N) is 2. The van der Waals surface area contributed by atoms with Crippen LogP contribution in [0.4, 0.5) is 0 Å². The maximum Gasteiger partial charge on any atom is 0.102 e. The number of aromatic nitrogens is 2. The van der Waals surface area contributed by atoms with Crippen molar-refractivity contribution in [2.75, 3.05) is 6.54 Å². The lowest BCUT2D eigenvalue weighted by atomic mass is 9.74. The molecule has 1 unspecified atom stereocenters. The first-order valence-corrected chi connectivity index (χ1v) is 6.56. The van der Waals surface area contributed by atoms with Crippen molar-refractivity contribution in [3.63, 3.8) is 0 Å². The fraction of sp³-hybridized carbons (Fsp3) is 0.769. The van der Waals surface area contributed by atoms with E-state index < -0.39 is 6.10 Å². The second-order valence-corrected chi connectivity index (χ2v) is 5.26. The van der Waals surface area contributed by atoms with Crippen LogP contribution in [0.2, 0.25) is 0 Å². The third-order valence-corrected chi connectivity index (χ3v) is 4.22. The first-order chi connectivity index (χ1) is 8.19. The van der Waals surface area contributed by atoms with Crippen molar-refractivity contribution >= 4 is 0 Å².